The molecule has 2 aromatic rings. The number of ether oxygens (including phenoxy) is 1. The average molecular weight is 277 g/mol. The first kappa shape index (κ1) is 14.3. The van der Waals surface area contributed by atoms with Gasteiger partial charge in [0, 0.05) is 25.6 Å². The smallest absolute Gasteiger partial charge is 0.319 e. The number of aryl methyl sites for hydroxylation is 2. The van der Waals surface area contributed by atoms with Gasteiger partial charge >= 0.3 is 6.03 Å². The number of carbonyl (C=O) groups is 1. The van der Waals surface area contributed by atoms with Crippen LogP contribution in [0.4, 0.5) is 10.5 Å². The molecule has 0 bridgehead atoms. The molecule has 0 atom stereocenters. The second kappa shape index (κ2) is 6.33. The van der Waals surface area contributed by atoms with Crippen LogP contribution in [0.25, 0.3) is 11.0 Å². The second-order valence-electron chi connectivity index (χ2n) is 4.38. The van der Waals surface area contributed by atoms with Crippen molar-refractivity contribution in [2.75, 3.05) is 25.1 Å². The van der Waals surface area contributed by atoms with E-state index >= 15 is 0 Å². The van der Waals surface area contributed by atoms with Crippen molar-refractivity contribution in [3.8, 4) is 0 Å². The Balaban J connectivity index is 1.99. The number of fused-ring (bicyclic) bond motifs is 1. The molecule has 7 nitrogen and oxygen atoms in total. The Hall–Kier alpha value is -2.15. The first-order valence-corrected chi connectivity index (χ1v) is 6.53. The van der Waals surface area contributed by atoms with Gasteiger partial charge in [0.1, 0.15) is 0 Å². The molecular weight excluding hydrogens is 258 g/mol. The first-order chi connectivity index (χ1) is 9.61. The predicted molar refractivity (Wildman–Crippen MR) is 76.8 cm³/mol. The van der Waals surface area contributed by atoms with E-state index < -0.39 is 0 Å². The monoisotopic (exact) mass is 277 g/mol. The number of hydrogen-bond donors (Lipinski definition) is 2. The van der Waals surface area contributed by atoms with Crippen molar-refractivity contribution >= 4 is 22.8 Å². The average Bonchev–Trinajstić information content (AvgIpc) is 2.70. The van der Waals surface area contributed by atoms with E-state index in [-0.39, 0.29) is 6.03 Å². The summed E-state index contributed by atoms with van der Waals surface area (Å²) in [6.45, 7) is 5.45. The summed E-state index contributed by atoms with van der Waals surface area (Å²) in [5.41, 5.74) is 2.32. The van der Waals surface area contributed by atoms with Crippen LogP contribution in [0.1, 0.15) is 12.6 Å². The number of anilines is 1. The van der Waals surface area contributed by atoms with E-state index in [2.05, 4.69) is 20.7 Å². The van der Waals surface area contributed by atoms with E-state index in [1.54, 1.807) is 10.9 Å². The Morgan fingerprint density at radius 1 is 1.50 bits per heavy atom. The maximum absolute atomic E-state index is 11.7. The molecule has 108 valence electrons. The summed E-state index contributed by atoms with van der Waals surface area (Å²) in [5.74, 6) is 0. The van der Waals surface area contributed by atoms with Gasteiger partial charge in [-0.3, -0.25) is 4.68 Å². The van der Waals surface area contributed by atoms with Crippen molar-refractivity contribution in [3.05, 3.63) is 18.0 Å². The van der Waals surface area contributed by atoms with Gasteiger partial charge in [-0.15, -0.1) is 0 Å². The molecule has 2 heterocycles. The minimum absolute atomic E-state index is 0.271. The number of nitrogens with zero attached hydrogens (tertiary/aromatic N) is 3. The fraction of sp³-hybridized carbons (Fsp3) is 0.462. The highest BCUT2D eigenvalue weighted by molar-refractivity contribution is 5.91. The molecule has 2 rings (SSSR count). The lowest BCUT2D eigenvalue weighted by Gasteiger charge is -2.07. The van der Waals surface area contributed by atoms with Crippen LogP contribution in [0.3, 0.4) is 0 Å². The molecule has 0 aliphatic rings. The molecular formula is C13H19N5O2. The molecule has 2 N–H and O–H groups in total. The lowest BCUT2D eigenvalue weighted by atomic mass is 10.2. The van der Waals surface area contributed by atoms with Gasteiger partial charge in [-0.2, -0.15) is 5.10 Å². The molecule has 0 fully saturated rings. The fourth-order valence-electron chi connectivity index (χ4n) is 1.93. The Kier molecular flexibility index (Phi) is 4.52. The third kappa shape index (κ3) is 3.24. The van der Waals surface area contributed by atoms with Crippen LogP contribution in [0.2, 0.25) is 0 Å². The summed E-state index contributed by atoms with van der Waals surface area (Å²) >= 11 is 0. The van der Waals surface area contributed by atoms with E-state index in [1.807, 2.05) is 27.0 Å². The predicted octanol–water partition coefficient (Wildman–Crippen LogP) is 1.43. The van der Waals surface area contributed by atoms with Crippen LogP contribution in [-0.2, 0) is 11.8 Å². The van der Waals surface area contributed by atoms with Gasteiger partial charge in [-0.1, -0.05) is 0 Å². The van der Waals surface area contributed by atoms with E-state index in [0.717, 1.165) is 16.7 Å². The van der Waals surface area contributed by atoms with Crippen molar-refractivity contribution in [3.63, 3.8) is 0 Å². The van der Waals surface area contributed by atoms with E-state index in [9.17, 15) is 4.79 Å². The Morgan fingerprint density at radius 3 is 3.05 bits per heavy atom. The van der Waals surface area contributed by atoms with Crippen LogP contribution >= 0.6 is 0 Å². The van der Waals surface area contributed by atoms with Crippen molar-refractivity contribution in [1.29, 1.82) is 0 Å². The third-order valence-electron chi connectivity index (χ3n) is 2.86. The van der Waals surface area contributed by atoms with Crippen molar-refractivity contribution in [1.82, 2.24) is 20.1 Å². The number of amides is 2. The van der Waals surface area contributed by atoms with Crippen LogP contribution in [0.5, 0.6) is 0 Å². The molecule has 0 saturated carbocycles. The number of pyridine rings is 1. The number of urea groups is 1. The van der Waals surface area contributed by atoms with Crippen LogP contribution in [0, 0.1) is 6.92 Å². The molecule has 0 aliphatic carbocycles. The van der Waals surface area contributed by atoms with Gasteiger partial charge in [-0.05, 0) is 19.9 Å². The number of rotatable bonds is 5. The van der Waals surface area contributed by atoms with Crippen molar-refractivity contribution in [2.45, 2.75) is 13.8 Å². The van der Waals surface area contributed by atoms with E-state index in [4.69, 9.17) is 4.74 Å². The molecule has 0 spiro atoms. The fourth-order valence-corrected chi connectivity index (χ4v) is 1.93. The molecule has 0 unspecified atom stereocenters. The highest BCUT2D eigenvalue weighted by Crippen LogP contribution is 2.18. The molecule has 20 heavy (non-hydrogen) atoms. The van der Waals surface area contributed by atoms with Crippen molar-refractivity contribution < 1.29 is 9.53 Å². The molecule has 0 saturated heterocycles. The highest BCUT2D eigenvalue weighted by atomic mass is 16.5. The van der Waals surface area contributed by atoms with Crippen LogP contribution < -0.4 is 10.6 Å². The molecule has 0 aromatic carbocycles. The zero-order valence-corrected chi connectivity index (χ0v) is 11.9. The zero-order chi connectivity index (χ0) is 14.5. The lowest BCUT2D eigenvalue weighted by Crippen LogP contribution is -2.31. The Morgan fingerprint density at radius 2 is 2.30 bits per heavy atom. The van der Waals surface area contributed by atoms with Crippen LogP contribution in [0.15, 0.2) is 12.3 Å². The van der Waals surface area contributed by atoms with Gasteiger partial charge in [0.2, 0.25) is 0 Å². The maximum Gasteiger partial charge on any atom is 0.319 e. The standard InChI is InChI=1S/C13H19N5O2/c1-4-20-6-5-14-13(19)16-10-7-11-9(2)17-18(3)12(11)15-8-10/h7-8H,4-6H2,1-3H3,(H2,14,16,19). The minimum Gasteiger partial charge on any atom is -0.380 e. The third-order valence-corrected chi connectivity index (χ3v) is 2.86. The summed E-state index contributed by atoms with van der Waals surface area (Å²) in [5, 5.41) is 10.7. The maximum atomic E-state index is 11.7. The molecule has 2 aromatic heterocycles. The second-order valence-corrected chi connectivity index (χ2v) is 4.38. The Labute approximate surface area is 117 Å². The van der Waals surface area contributed by atoms with Gasteiger partial charge in [0.25, 0.3) is 0 Å². The summed E-state index contributed by atoms with van der Waals surface area (Å²) in [6.07, 6.45) is 1.62. The van der Waals surface area contributed by atoms with E-state index in [1.165, 1.54) is 0 Å². The minimum atomic E-state index is -0.271. The summed E-state index contributed by atoms with van der Waals surface area (Å²) in [7, 11) is 1.84. The Bertz CT molecular complexity index is 608. The molecule has 0 aliphatic heterocycles. The number of nitrogens with one attached hydrogen (secondary N) is 2. The van der Waals surface area contributed by atoms with Gasteiger partial charge in [0.15, 0.2) is 5.65 Å². The van der Waals surface area contributed by atoms with Gasteiger partial charge < -0.3 is 15.4 Å². The largest absolute Gasteiger partial charge is 0.380 e. The quantitative estimate of drug-likeness (QED) is 0.810. The van der Waals surface area contributed by atoms with E-state index in [0.29, 0.717) is 25.4 Å². The van der Waals surface area contributed by atoms with Gasteiger partial charge in [0.05, 0.1) is 24.2 Å². The van der Waals surface area contributed by atoms with Crippen LogP contribution in [-0.4, -0.2) is 40.6 Å². The molecule has 0 radical (unpaired) electrons. The van der Waals surface area contributed by atoms with Gasteiger partial charge in [-0.25, -0.2) is 9.78 Å². The lowest BCUT2D eigenvalue weighted by molar-refractivity contribution is 0.150. The van der Waals surface area contributed by atoms with Crippen molar-refractivity contribution in [2.24, 2.45) is 7.05 Å². The number of carbonyl (C=O) groups excluding carboxylic acids is 1. The molecule has 7 heteroatoms. The SMILES string of the molecule is CCOCCNC(=O)Nc1cnc2c(c1)c(C)nn2C. The zero-order valence-electron chi connectivity index (χ0n) is 11.9. The normalized spacial score (nSPS) is 10.8. The molecule has 2 amide bonds. The summed E-state index contributed by atoms with van der Waals surface area (Å²) < 4.78 is 6.86. The number of hydrogen-bond acceptors (Lipinski definition) is 4. The topological polar surface area (TPSA) is 81.1 Å². The summed E-state index contributed by atoms with van der Waals surface area (Å²) in [6, 6.07) is 1.60. The summed E-state index contributed by atoms with van der Waals surface area (Å²) in [4.78, 5) is 16.0. The highest BCUT2D eigenvalue weighted by Gasteiger charge is 2.08. The number of aromatic nitrogens is 3. The first-order valence-electron chi connectivity index (χ1n) is 6.53.